The summed E-state index contributed by atoms with van der Waals surface area (Å²) in [5, 5.41) is 3.54. The van der Waals surface area contributed by atoms with Gasteiger partial charge in [-0.2, -0.15) is 0 Å². The summed E-state index contributed by atoms with van der Waals surface area (Å²) < 4.78 is 6.53. The number of amides is 2. The molecular weight excluding hydrogens is 402 g/mol. The Kier molecular flexibility index (Phi) is 4.61. The Labute approximate surface area is 176 Å². The number of nitrogens with one attached hydrogen (secondary N) is 1. The van der Waals surface area contributed by atoms with Crippen LogP contribution in [0.25, 0.3) is 10.2 Å². The molecule has 0 aliphatic carbocycles. The molecule has 29 heavy (non-hydrogen) atoms. The first kappa shape index (κ1) is 18.0. The molecule has 1 N–H and O–H groups in total. The highest BCUT2D eigenvalue weighted by molar-refractivity contribution is 7.99. The van der Waals surface area contributed by atoms with Crippen LogP contribution in [0, 0.1) is 0 Å². The zero-order valence-electron chi connectivity index (χ0n) is 15.6. The number of rotatable bonds is 3. The van der Waals surface area contributed by atoms with E-state index in [0.717, 1.165) is 37.1 Å². The molecule has 144 valence electrons. The number of ether oxygens (including phenoxy) is 1. The number of anilines is 3. The van der Waals surface area contributed by atoms with Crippen molar-refractivity contribution in [2.24, 2.45) is 0 Å². The summed E-state index contributed by atoms with van der Waals surface area (Å²) in [6.45, 7) is 2.56. The lowest BCUT2D eigenvalue weighted by Crippen LogP contribution is -2.32. The van der Waals surface area contributed by atoms with Crippen LogP contribution in [0.2, 0.25) is 0 Å². The maximum absolute atomic E-state index is 13.3. The van der Waals surface area contributed by atoms with Crippen molar-refractivity contribution in [1.29, 1.82) is 0 Å². The highest BCUT2D eigenvalue weighted by atomic mass is 32.2. The summed E-state index contributed by atoms with van der Waals surface area (Å²) in [6.07, 6.45) is 0. The van der Waals surface area contributed by atoms with Crippen molar-refractivity contribution in [2.75, 3.05) is 16.8 Å². The number of hydrogen-bond donors (Lipinski definition) is 1. The minimum absolute atomic E-state index is 0.228. The Balaban J connectivity index is 1.49. The van der Waals surface area contributed by atoms with E-state index in [-0.39, 0.29) is 6.03 Å². The summed E-state index contributed by atoms with van der Waals surface area (Å²) in [7, 11) is 0. The van der Waals surface area contributed by atoms with Gasteiger partial charge in [-0.3, -0.25) is 10.2 Å². The molecular formula is C22H17N3O2S2. The summed E-state index contributed by atoms with van der Waals surface area (Å²) in [5.41, 5.74) is 2.57. The first-order chi connectivity index (χ1) is 14.2. The van der Waals surface area contributed by atoms with Crippen molar-refractivity contribution in [3.8, 4) is 5.75 Å². The summed E-state index contributed by atoms with van der Waals surface area (Å²) in [5.74, 6) is 0.803. The lowest BCUT2D eigenvalue weighted by molar-refractivity contribution is 0.259. The van der Waals surface area contributed by atoms with Gasteiger partial charge in [0.05, 0.1) is 28.2 Å². The number of hydrogen-bond acceptors (Lipinski definition) is 5. The minimum Gasteiger partial charge on any atom is -0.494 e. The highest BCUT2D eigenvalue weighted by Crippen LogP contribution is 2.48. The SMILES string of the molecule is CCOc1ccc2nc(NC(=O)N3c4ccccc4Sc4ccccc43)sc2c1. The molecule has 0 saturated carbocycles. The fourth-order valence-electron chi connectivity index (χ4n) is 3.29. The summed E-state index contributed by atoms with van der Waals surface area (Å²) in [6, 6.07) is 21.4. The standard InChI is InChI=1S/C22H17N3O2S2/c1-2-27-14-11-12-15-20(13-14)29-21(23-15)24-22(26)25-16-7-3-5-9-18(16)28-19-10-6-4-8-17(19)25/h3-13H,2H2,1H3,(H,23,24,26). The first-order valence-electron chi connectivity index (χ1n) is 9.23. The van der Waals surface area contributed by atoms with Crippen molar-refractivity contribution in [1.82, 2.24) is 4.98 Å². The predicted octanol–water partition coefficient (Wildman–Crippen LogP) is 6.53. The molecule has 1 aliphatic heterocycles. The van der Waals surface area contributed by atoms with Crippen molar-refractivity contribution in [3.05, 3.63) is 66.7 Å². The van der Waals surface area contributed by atoms with E-state index in [4.69, 9.17) is 4.74 Å². The van der Waals surface area contributed by atoms with Gasteiger partial charge in [-0.1, -0.05) is 47.4 Å². The maximum atomic E-state index is 13.3. The van der Waals surface area contributed by atoms with Crippen LogP contribution in [0.3, 0.4) is 0 Å². The lowest BCUT2D eigenvalue weighted by atomic mass is 10.2. The molecule has 7 heteroatoms. The number of carbonyl (C=O) groups is 1. The van der Waals surface area contributed by atoms with Gasteiger partial charge >= 0.3 is 6.03 Å². The van der Waals surface area contributed by atoms with E-state index in [1.807, 2.05) is 73.7 Å². The summed E-state index contributed by atoms with van der Waals surface area (Å²) in [4.78, 5) is 21.7. The number of thiazole rings is 1. The van der Waals surface area contributed by atoms with Gasteiger partial charge in [0.2, 0.25) is 0 Å². The van der Waals surface area contributed by atoms with Gasteiger partial charge in [0.15, 0.2) is 5.13 Å². The van der Waals surface area contributed by atoms with Gasteiger partial charge in [0.25, 0.3) is 0 Å². The molecule has 5 rings (SSSR count). The van der Waals surface area contributed by atoms with Gasteiger partial charge in [0.1, 0.15) is 5.75 Å². The quantitative estimate of drug-likeness (QED) is 0.410. The van der Waals surface area contributed by atoms with Gasteiger partial charge in [-0.15, -0.1) is 0 Å². The average molecular weight is 420 g/mol. The third-order valence-electron chi connectivity index (χ3n) is 4.52. The maximum Gasteiger partial charge on any atom is 0.332 e. The number of benzene rings is 3. The van der Waals surface area contributed by atoms with Crippen molar-refractivity contribution >= 4 is 55.9 Å². The molecule has 0 spiro atoms. The van der Waals surface area contributed by atoms with E-state index in [2.05, 4.69) is 10.3 Å². The fraction of sp³-hybridized carbons (Fsp3) is 0.0909. The van der Waals surface area contributed by atoms with Crippen molar-refractivity contribution in [2.45, 2.75) is 16.7 Å². The second kappa shape index (κ2) is 7.42. The van der Waals surface area contributed by atoms with Crippen LogP contribution in [0.4, 0.5) is 21.3 Å². The molecule has 3 aromatic carbocycles. The zero-order valence-corrected chi connectivity index (χ0v) is 17.2. The van der Waals surface area contributed by atoms with Gasteiger partial charge in [-0.25, -0.2) is 9.78 Å². The number of urea groups is 1. The third-order valence-corrected chi connectivity index (χ3v) is 6.58. The monoisotopic (exact) mass is 419 g/mol. The van der Waals surface area contributed by atoms with E-state index >= 15 is 0 Å². The van der Waals surface area contributed by atoms with Crippen LogP contribution in [0.1, 0.15) is 6.92 Å². The Morgan fingerprint density at radius 2 is 1.72 bits per heavy atom. The van der Waals surface area contributed by atoms with Crippen LogP contribution >= 0.6 is 23.1 Å². The fourth-order valence-corrected chi connectivity index (χ4v) is 5.23. The highest BCUT2D eigenvalue weighted by Gasteiger charge is 2.28. The molecule has 4 aromatic rings. The first-order valence-corrected chi connectivity index (χ1v) is 10.9. The van der Waals surface area contributed by atoms with Crippen molar-refractivity contribution in [3.63, 3.8) is 0 Å². The largest absolute Gasteiger partial charge is 0.494 e. The Bertz CT molecular complexity index is 1180. The number of fused-ring (bicyclic) bond motifs is 3. The van der Waals surface area contributed by atoms with E-state index < -0.39 is 0 Å². The third kappa shape index (κ3) is 3.32. The van der Waals surface area contributed by atoms with E-state index in [1.165, 1.54) is 11.3 Å². The second-order valence-corrected chi connectivity index (χ2v) is 8.50. The molecule has 0 fully saturated rings. The molecule has 0 radical (unpaired) electrons. The summed E-state index contributed by atoms with van der Waals surface area (Å²) >= 11 is 3.11. The topological polar surface area (TPSA) is 54.5 Å². The molecule has 5 nitrogen and oxygen atoms in total. The molecule has 1 aromatic heterocycles. The van der Waals surface area contributed by atoms with E-state index in [9.17, 15) is 4.79 Å². The van der Waals surface area contributed by atoms with Crippen LogP contribution < -0.4 is 15.0 Å². The predicted molar refractivity (Wildman–Crippen MR) is 119 cm³/mol. The lowest BCUT2D eigenvalue weighted by Gasteiger charge is -2.30. The van der Waals surface area contributed by atoms with Crippen LogP contribution in [-0.2, 0) is 0 Å². The molecule has 2 amide bonds. The Morgan fingerprint density at radius 1 is 1.03 bits per heavy atom. The molecule has 0 saturated heterocycles. The normalized spacial score (nSPS) is 12.4. The molecule has 0 unspecified atom stereocenters. The molecule has 1 aliphatic rings. The minimum atomic E-state index is -0.228. The second-order valence-electron chi connectivity index (χ2n) is 6.38. The van der Waals surface area contributed by atoms with Crippen LogP contribution in [0.15, 0.2) is 76.5 Å². The van der Waals surface area contributed by atoms with Crippen LogP contribution in [0.5, 0.6) is 5.75 Å². The van der Waals surface area contributed by atoms with Crippen molar-refractivity contribution < 1.29 is 9.53 Å². The van der Waals surface area contributed by atoms with Gasteiger partial charge in [-0.05, 0) is 49.4 Å². The number of carbonyl (C=O) groups excluding carboxylic acids is 1. The Morgan fingerprint density at radius 3 is 2.41 bits per heavy atom. The number of para-hydroxylation sites is 2. The Hall–Kier alpha value is -3.03. The smallest absolute Gasteiger partial charge is 0.332 e. The number of aromatic nitrogens is 1. The van der Waals surface area contributed by atoms with Gasteiger partial charge in [0, 0.05) is 9.79 Å². The van der Waals surface area contributed by atoms with Gasteiger partial charge < -0.3 is 4.74 Å². The van der Waals surface area contributed by atoms with E-state index in [0.29, 0.717) is 11.7 Å². The van der Waals surface area contributed by atoms with Crippen LogP contribution in [-0.4, -0.2) is 17.6 Å². The molecule has 0 atom stereocenters. The zero-order chi connectivity index (χ0) is 19.8. The molecule has 0 bridgehead atoms. The average Bonchev–Trinajstić information content (AvgIpc) is 3.13. The van der Waals surface area contributed by atoms with E-state index in [1.54, 1.807) is 16.7 Å². The molecule has 2 heterocycles. The number of nitrogens with zero attached hydrogens (tertiary/aromatic N) is 2.